The molecule has 20 heavy (non-hydrogen) atoms. The van der Waals surface area contributed by atoms with E-state index in [0.29, 0.717) is 17.1 Å². The summed E-state index contributed by atoms with van der Waals surface area (Å²) in [6.45, 7) is 0.130. The van der Waals surface area contributed by atoms with Crippen molar-refractivity contribution in [1.82, 2.24) is 0 Å². The Kier molecular flexibility index (Phi) is 4.53. The first kappa shape index (κ1) is 14.3. The number of ether oxygens (including phenoxy) is 2. The zero-order chi connectivity index (χ0) is 14.5. The zero-order valence-electron chi connectivity index (χ0n) is 11.0. The van der Waals surface area contributed by atoms with Crippen LogP contribution in [0.2, 0.25) is 0 Å². The smallest absolute Gasteiger partial charge is 0.161 e. The summed E-state index contributed by atoms with van der Waals surface area (Å²) < 4.78 is 36.7. The number of hydrogen-bond donors (Lipinski definition) is 1. The summed E-state index contributed by atoms with van der Waals surface area (Å²) in [5.41, 5.74) is 6.37. The van der Waals surface area contributed by atoms with Gasteiger partial charge in [0.05, 0.1) is 13.2 Å². The van der Waals surface area contributed by atoms with Gasteiger partial charge in [0.1, 0.15) is 6.61 Å². The summed E-state index contributed by atoms with van der Waals surface area (Å²) in [7, 11) is 1.54. The van der Waals surface area contributed by atoms with Gasteiger partial charge in [0.15, 0.2) is 23.1 Å². The van der Waals surface area contributed by atoms with E-state index in [2.05, 4.69) is 0 Å². The molecule has 0 aliphatic carbocycles. The number of benzene rings is 2. The van der Waals surface area contributed by atoms with Crippen molar-refractivity contribution in [3.8, 4) is 11.5 Å². The van der Waals surface area contributed by atoms with Crippen LogP contribution in [0.15, 0.2) is 42.5 Å². The van der Waals surface area contributed by atoms with Gasteiger partial charge in [-0.05, 0) is 29.8 Å². The van der Waals surface area contributed by atoms with Crippen molar-refractivity contribution >= 4 is 0 Å². The van der Waals surface area contributed by atoms with Crippen LogP contribution in [0.4, 0.5) is 8.78 Å². The van der Waals surface area contributed by atoms with Crippen molar-refractivity contribution in [2.24, 2.45) is 5.73 Å². The van der Waals surface area contributed by atoms with E-state index in [1.54, 1.807) is 18.2 Å². The number of halogens is 2. The first-order chi connectivity index (χ1) is 9.61. The number of nitrogens with two attached hydrogens (primary N) is 1. The van der Waals surface area contributed by atoms with E-state index in [-0.39, 0.29) is 6.61 Å². The lowest BCUT2D eigenvalue weighted by atomic mass is 10.1. The molecular formula is C15H15F2NO2. The van der Waals surface area contributed by atoms with E-state index in [0.717, 1.165) is 12.1 Å². The highest BCUT2D eigenvalue weighted by Gasteiger charge is 2.11. The van der Waals surface area contributed by atoms with Gasteiger partial charge in [-0.2, -0.15) is 0 Å². The van der Waals surface area contributed by atoms with Crippen LogP contribution in [0.5, 0.6) is 11.5 Å². The van der Waals surface area contributed by atoms with E-state index in [1.807, 2.05) is 6.07 Å². The number of hydrogen-bond acceptors (Lipinski definition) is 3. The second kappa shape index (κ2) is 6.34. The summed E-state index contributed by atoms with van der Waals surface area (Å²) in [6, 6.07) is 10.1. The van der Waals surface area contributed by atoms with Gasteiger partial charge in [0, 0.05) is 0 Å². The second-order valence-corrected chi connectivity index (χ2v) is 4.24. The van der Waals surface area contributed by atoms with E-state index in [9.17, 15) is 8.78 Å². The first-order valence-electron chi connectivity index (χ1n) is 6.08. The molecule has 0 bridgehead atoms. The molecule has 0 saturated carbocycles. The Morgan fingerprint density at radius 3 is 2.40 bits per heavy atom. The van der Waals surface area contributed by atoms with Crippen LogP contribution in [0.25, 0.3) is 0 Å². The third kappa shape index (κ3) is 3.24. The number of methoxy groups -OCH3 is 1. The molecule has 3 nitrogen and oxygen atoms in total. The van der Waals surface area contributed by atoms with Crippen molar-refractivity contribution in [1.29, 1.82) is 0 Å². The Bertz CT molecular complexity index is 590. The van der Waals surface area contributed by atoms with Crippen LogP contribution >= 0.6 is 0 Å². The number of para-hydroxylation sites is 2. The molecule has 1 unspecified atom stereocenters. The van der Waals surface area contributed by atoms with Crippen molar-refractivity contribution in [2.45, 2.75) is 6.04 Å². The Hall–Kier alpha value is -2.14. The van der Waals surface area contributed by atoms with E-state index >= 15 is 0 Å². The fraction of sp³-hybridized carbons (Fsp3) is 0.200. The Balaban J connectivity index is 2.04. The average molecular weight is 279 g/mol. The van der Waals surface area contributed by atoms with Crippen LogP contribution in [-0.4, -0.2) is 13.7 Å². The SMILES string of the molecule is COc1ccccc1OCC(N)c1ccc(F)c(F)c1. The van der Waals surface area contributed by atoms with E-state index < -0.39 is 17.7 Å². The topological polar surface area (TPSA) is 44.5 Å². The minimum Gasteiger partial charge on any atom is -0.493 e. The molecular weight excluding hydrogens is 264 g/mol. The normalized spacial score (nSPS) is 12.0. The largest absolute Gasteiger partial charge is 0.493 e. The molecule has 106 valence electrons. The summed E-state index contributed by atoms with van der Waals surface area (Å²) in [5.74, 6) is -0.681. The standard InChI is InChI=1S/C15H15F2NO2/c1-19-14-4-2-3-5-15(14)20-9-13(18)10-6-7-11(16)12(17)8-10/h2-8,13H,9,18H2,1H3. The fourth-order valence-corrected chi connectivity index (χ4v) is 1.76. The van der Waals surface area contributed by atoms with Gasteiger partial charge in [-0.1, -0.05) is 18.2 Å². The summed E-state index contributed by atoms with van der Waals surface area (Å²) >= 11 is 0. The lowest BCUT2D eigenvalue weighted by Gasteiger charge is -2.15. The third-order valence-electron chi connectivity index (χ3n) is 2.86. The van der Waals surface area contributed by atoms with Crippen LogP contribution in [0.3, 0.4) is 0 Å². The Morgan fingerprint density at radius 2 is 1.75 bits per heavy atom. The maximum absolute atomic E-state index is 13.1. The lowest BCUT2D eigenvalue weighted by Crippen LogP contribution is -2.19. The van der Waals surface area contributed by atoms with Crippen LogP contribution in [0.1, 0.15) is 11.6 Å². The molecule has 2 rings (SSSR count). The highest BCUT2D eigenvalue weighted by molar-refractivity contribution is 5.39. The highest BCUT2D eigenvalue weighted by Crippen LogP contribution is 2.26. The van der Waals surface area contributed by atoms with E-state index in [4.69, 9.17) is 15.2 Å². The molecule has 0 heterocycles. The van der Waals surface area contributed by atoms with Crippen molar-refractivity contribution in [3.63, 3.8) is 0 Å². The molecule has 0 amide bonds. The maximum atomic E-state index is 13.1. The molecule has 2 aromatic rings. The average Bonchev–Trinajstić information content (AvgIpc) is 2.47. The van der Waals surface area contributed by atoms with Crippen LogP contribution in [-0.2, 0) is 0 Å². The van der Waals surface area contributed by atoms with Gasteiger partial charge < -0.3 is 15.2 Å². The summed E-state index contributed by atoms with van der Waals surface area (Å²) in [5, 5.41) is 0. The van der Waals surface area contributed by atoms with Gasteiger partial charge >= 0.3 is 0 Å². The Labute approximate surface area is 115 Å². The van der Waals surface area contributed by atoms with E-state index in [1.165, 1.54) is 13.2 Å². The molecule has 0 saturated heterocycles. The summed E-state index contributed by atoms with van der Waals surface area (Å²) in [4.78, 5) is 0. The van der Waals surface area contributed by atoms with Crippen molar-refractivity contribution < 1.29 is 18.3 Å². The quantitative estimate of drug-likeness (QED) is 0.915. The van der Waals surface area contributed by atoms with Gasteiger partial charge in [0.25, 0.3) is 0 Å². The minimum absolute atomic E-state index is 0.130. The van der Waals surface area contributed by atoms with Crippen LogP contribution < -0.4 is 15.2 Å². The molecule has 0 aliphatic heterocycles. The maximum Gasteiger partial charge on any atom is 0.161 e. The molecule has 5 heteroatoms. The predicted molar refractivity (Wildman–Crippen MR) is 71.8 cm³/mol. The van der Waals surface area contributed by atoms with Gasteiger partial charge in [-0.25, -0.2) is 8.78 Å². The monoisotopic (exact) mass is 279 g/mol. The second-order valence-electron chi connectivity index (χ2n) is 4.24. The molecule has 0 fully saturated rings. The van der Waals surface area contributed by atoms with Gasteiger partial charge in [-0.3, -0.25) is 0 Å². The lowest BCUT2D eigenvalue weighted by molar-refractivity contribution is 0.273. The zero-order valence-corrected chi connectivity index (χ0v) is 11.0. The van der Waals surface area contributed by atoms with Crippen LogP contribution in [0, 0.1) is 11.6 Å². The van der Waals surface area contributed by atoms with Gasteiger partial charge in [0.2, 0.25) is 0 Å². The molecule has 1 atom stereocenters. The van der Waals surface area contributed by atoms with Crippen molar-refractivity contribution in [3.05, 3.63) is 59.7 Å². The fourth-order valence-electron chi connectivity index (χ4n) is 1.76. The van der Waals surface area contributed by atoms with Crippen molar-refractivity contribution in [2.75, 3.05) is 13.7 Å². The molecule has 2 N–H and O–H groups in total. The highest BCUT2D eigenvalue weighted by atomic mass is 19.2. The Morgan fingerprint density at radius 1 is 1.05 bits per heavy atom. The molecule has 0 aromatic heterocycles. The first-order valence-corrected chi connectivity index (χ1v) is 6.08. The minimum atomic E-state index is -0.921. The third-order valence-corrected chi connectivity index (χ3v) is 2.86. The molecule has 2 aromatic carbocycles. The number of rotatable bonds is 5. The molecule has 0 aliphatic rings. The predicted octanol–water partition coefficient (Wildman–Crippen LogP) is 3.05. The molecule has 0 spiro atoms. The summed E-state index contributed by atoms with van der Waals surface area (Å²) in [6.07, 6.45) is 0. The van der Waals surface area contributed by atoms with Gasteiger partial charge in [-0.15, -0.1) is 0 Å². The molecule has 0 radical (unpaired) electrons.